The molecule has 0 amide bonds. The molecule has 0 saturated carbocycles. The van der Waals surface area contributed by atoms with Crippen LogP contribution in [0, 0.1) is 5.92 Å². The maximum atomic E-state index is 10.5. The van der Waals surface area contributed by atoms with Crippen LogP contribution in [-0.4, -0.2) is 17.6 Å². The van der Waals surface area contributed by atoms with Crippen molar-refractivity contribution in [3.8, 4) is 0 Å². The third kappa shape index (κ3) is 4.49. The summed E-state index contributed by atoms with van der Waals surface area (Å²) in [6.45, 7) is 5.22. The minimum atomic E-state index is -0.794. The predicted octanol–water partition coefficient (Wildman–Crippen LogP) is 2.38. The summed E-state index contributed by atoms with van der Waals surface area (Å²) in [6, 6.07) is 7.52. The lowest BCUT2D eigenvalue weighted by molar-refractivity contribution is -0.136. The molecule has 0 atom stereocenters. The Bertz CT molecular complexity index is 317. The van der Waals surface area contributed by atoms with Crippen molar-refractivity contribution in [3.63, 3.8) is 0 Å². The Labute approximate surface area is 90.1 Å². The van der Waals surface area contributed by atoms with Gasteiger partial charge in [0, 0.05) is 12.2 Å². The van der Waals surface area contributed by atoms with Crippen LogP contribution in [0.15, 0.2) is 24.3 Å². The van der Waals surface area contributed by atoms with Crippen LogP contribution < -0.4 is 5.32 Å². The molecule has 82 valence electrons. The lowest BCUT2D eigenvalue weighted by Gasteiger charge is -2.09. The second-order valence-electron chi connectivity index (χ2n) is 4.04. The zero-order valence-electron chi connectivity index (χ0n) is 9.16. The number of nitrogens with one attached hydrogen (secondary N) is 1. The largest absolute Gasteiger partial charge is 0.481 e. The van der Waals surface area contributed by atoms with Crippen LogP contribution in [0.1, 0.15) is 19.4 Å². The number of carbonyl (C=O) groups is 1. The van der Waals surface area contributed by atoms with E-state index in [0.717, 1.165) is 17.8 Å². The second kappa shape index (κ2) is 5.39. The second-order valence-corrected chi connectivity index (χ2v) is 4.04. The molecule has 15 heavy (non-hydrogen) atoms. The van der Waals surface area contributed by atoms with Crippen LogP contribution >= 0.6 is 0 Å². The molecule has 0 spiro atoms. The molecule has 2 N–H and O–H groups in total. The highest BCUT2D eigenvalue weighted by atomic mass is 16.4. The van der Waals surface area contributed by atoms with Crippen molar-refractivity contribution in [2.24, 2.45) is 5.92 Å². The fourth-order valence-electron chi connectivity index (χ4n) is 1.24. The number of hydrogen-bond acceptors (Lipinski definition) is 2. The van der Waals surface area contributed by atoms with E-state index in [1.54, 1.807) is 0 Å². The molecule has 0 aliphatic heterocycles. The van der Waals surface area contributed by atoms with Crippen LogP contribution in [0.25, 0.3) is 0 Å². The van der Waals surface area contributed by atoms with E-state index in [0.29, 0.717) is 5.92 Å². The first-order valence-electron chi connectivity index (χ1n) is 5.12. The Kier molecular flexibility index (Phi) is 4.16. The van der Waals surface area contributed by atoms with E-state index in [1.165, 1.54) is 0 Å². The van der Waals surface area contributed by atoms with Gasteiger partial charge in [0.05, 0.1) is 6.42 Å². The summed E-state index contributed by atoms with van der Waals surface area (Å²) in [6.07, 6.45) is 0.0878. The average Bonchev–Trinajstić information content (AvgIpc) is 2.16. The Hall–Kier alpha value is -1.51. The highest BCUT2D eigenvalue weighted by Gasteiger charge is 2.00. The molecule has 0 bridgehead atoms. The summed E-state index contributed by atoms with van der Waals surface area (Å²) in [5.41, 5.74) is 1.87. The molecule has 1 rings (SSSR count). The average molecular weight is 207 g/mol. The Morgan fingerprint density at radius 1 is 1.33 bits per heavy atom. The molecule has 0 aliphatic rings. The van der Waals surface area contributed by atoms with Crippen molar-refractivity contribution < 1.29 is 9.90 Å². The van der Waals surface area contributed by atoms with Gasteiger partial charge in [-0.05, 0) is 23.6 Å². The maximum Gasteiger partial charge on any atom is 0.307 e. The lowest BCUT2D eigenvalue weighted by atomic mass is 10.1. The number of aliphatic carboxylic acids is 1. The molecule has 3 heteroatoms. The van der Waals surface area contributed by atoms with Crippen LogP contribution in [0.4, 0.5) is 5.69 Å². The van der Waals surface area contributed by atoms with Crippen molar-refractivity contribution in [1.82, 2.24) is 0 Å². The van der Waals surface area contributed by atoms with E-state index in [1.807, 2.05) is 24.3 Å². The Morgan fingerprint density at radius 2 is 1.93 bits per heavy atom. The summed E-state index contributed by atoms with van der Waals surface area (Å²) in [7, 11) is 0. The molecule has 0 radical (unpaired) electrons. The fraction of sp³-hybridized carbons (Fsp3) is 0.417. The van der Waals surface area contributed by atoms with Gasteiger partial charge >= 0.3 is 5.97 Å². The molecule has 0 saturated heterocycles. The number of carboxylic acids is 1. The molecule has 3 nitrogen and oxygen atoms in total. The van der Waals surface area contributed by atoms with E-state index >= 15 is 0 Å². The Morgan fingerprint density at radius 3 is 2.40 bits per heavy atom. The summed E-state index contributed by atoms with van der Waals surface area (Å²) >= 11 is 0. The fourth-order valence-corrected chi connectivity index (χ4v) is 1.24. The summed E-state index contributed by atoms with van der Waals surface area (Å²) < 4.78 is 0. The molecule has 0 heterocycles. The minimum Gasteiger partial charge on any atom is -0.481 e. The number of benzene rings is 1. The standard InChI is InChI=1S/C12H17NO2/c1-9(2)8-13-11-5-3-10(4-6-11)7-12(14)15/h3-6,9,13H,7-8H2,1-2H3,(H,14,15). The quantitative estimate of drug-likeness (QED) is 0.779. The third-order valence-electron chi connectivity index (χ3n) is 2.02. The Balaban J connectivity index is 2.52. The minimum absolute atomic E-state index is 0.0878. The molecule has 0 unspecified atom stereocenters. The van der Waals surface area contributed by atoms with E-state index in [-0.39, 0.29) is 6.42 Å². The summed E-state index contributed by atoms with van der Waals surface area (Å²) in [5.74, 6) is -0.193. The van der Waals surface area contributed by atoms with Gasteiger partial charge in [0.15, 0.2) is 0 Å². The van der Waals surface area contributed by atoms with Crippen molar-refractivity contribution in [2.45, 2.75) is 20.3 Å². The zero-order valence-corrected chi connectivity index (χ0v) is 9.16. The topological polar surface area (TPSA) is 49.3 Å². The van der Waals surface area contributed by atoms with Gasteiger partial charge in [-0.1, -0.05) is 26.0 Å². The molecular formula is C12H17NO2. The van der Waals surface area contributed by atoms with Gasteiger partial charge in [0.2, 0.25) is 0 Å². The van der Waals surface area contributed by atoms with Gasteiger partial charge in [-0.3, -0.25) is 4.79 Å². The molecule has 0 aromatic heterocycles. The van der Waals surface area contributed by atoms with Gasteiger partial charge in [-0.25, -0.2) is 0 Å². The number of hydrogen-bond donors (Lipinski definition) is 2. The monoisotopic (exact) mass is 207 g/mol. The number of anilines is 1. The first kappa shape index (κ1) is 11.6. The number of carboxylic acid groups (broad SMARTS) is 1. The summed E-state index contributed by atoms with van der Waals surface area (Å²) in [5, 5.41) is 11.9. The van der Waals surface area contributed by atoms with Crippen molar-refractivity contribution in [2.75, 3.05) is 11.9 Å². The van der Waals surface area contributed by atoms with Gasteiger partial charge in [-0.2, -0.15) is 0 Å². The van der Waals surface area contributed by atoms with E-state index in [4.69, 9.17) is 5.11 Å². The number of rotatable bonds is 5. The van der Waals surface area contributed by atoms with E-state index in [2.05, 4.69) is 19.2 Å². The van der Waals surface area contributed by atoms with Gasteiger partial charge in [-0.15, -0.1) is 0 Å². The predicted molar refractivity (Wildman–Crippen MR) is 61.1 cm³/mol. The summed E-state index contributed by atoms with van der Waals surface area (Å²) in [4.78, 5) is 10.5. The van der Waals surface area contributed by atoms with E-state index < -0.39 is 5.97 Å². The van der Waals surface area contributed by atoms with Crippen molar-refractivity contribution in [1.29, 1.82) is 0 Å². The molecule has 0 aliphatic carbocycles. The van der Waals surface area contributed by atoms with Crippen LogP contribution in [0.5, 0.6) is 0 Å². The smallest absolute Gasteiger partial charge is 0.307 e. The highest BCUT2D eigenvalue weighted by molar-refractivity contribution is 5.70. The lowest BCUT2D eigenvalue weighted by Crippen LogP contribution is -2.08. The van der Waals surface area contributed by atoms with Crippen LogP contribution in [0.3, 0.4) is 0 Å². The first-order chi connectivity index (χ1) is 7.08. The molecule has 0 fully saturated rings. The van der Waals surface area contributed by atoms with Gasteiger partial charge in [0.25, 0.3) is 0 Å². The van der Waals surface area contributed by atoms with Crippen LogP contribution in [0.2, 0.25) is 0 Å². The maximum absolute atomic E-state index is 10.5. The highest BCUT2D eigenvalue weighted by Crippen LogP contribution is 2.10. The third-order valence-corrected chi connectivity index (χ3v) is 2.02. The van der Waals surface area contributed by atoms with Crippen LogP contribution in [-0.2, 0) is 11.2 Å². The van der Waals surface area contributed by atoms with Gasteiger partial charge < -0.3 is 10.4 Å². The molecular weight excluding hydrogens is 190 g/mol. The molecule has 1 aromatic carbocycles. The van der Waals surface area contributed by atoms with Crippen molar-refractivity contribution >= 4 is 11.7 Å². The normalized spacial score (nSPS) is 10.3. The van der Waals surface area contributed by atoms with Gasteiger partial charge in [0.1, 0.15) is 0 Å². The molecule has 1 aromatic rings. The van der Waals surface area contributed by atoms with E-state index in [9.17, 15) is 4.79 Å². The zero-order chi connectivity index (χ0) is 11.3. The SMILES string of the molecule is CC(C)CNc1ccc(CC(=O)O)cc1. The first-order valence-corrected chi connectivity index (χ1v) is 5.12. The van der Waals surface area contributed by atoms with Crippen molar-refractivity contribution in [3.05, 3.63) is 29.8 Å².